The Morgan fingerprint density at radius 3 is 2.33 bits per heavy atom. The number of hydrogen-bond donors (Lipinski definition) is 1. The van der Waals surface area contributed by atoms with Crippen LogP contribution in [0.3, 0.4) is 0 Å². The van der Waals surface area contributed by atoms with Crippen LogP contribution in [0.2, 0.25) is 0 Å². The van der Waals surface area contributed by atoms with E-state index in [1.807, 2.05) is 12.1 Å². The van der Waals surface area contributed by atoms with Gasteiger partial charge in [-0.3, -0.25) is 4.79 Å². The number of fused-ring (bicyclic) bond motifs is 1. The van der Waals surface area contributed by atoms with Gasteiger partial charge in [0.15, 0.2) is 6.10 Å². The van der Waals surface area contributed by atoms with Crippen molar-refractivity contribution in [2.24, 2.45) is 0 Å². The third-order valence-corrected chi connectivity index (χ3v) is 3.83. The molecule has 4 heteroatoms. The van der Waals surface area contributed by atoms with Crippen LogP contribution in [0, 0.1) is 0 Å². The number of benzene rings is 3. The van der Waals surface area contributed by atoms with Gasteiger partial charge in [0.1, 0.15) is 11.3 Å². The monoisotopic (exact) mass is 320 g/mol. The molecule has 0 bridgehead atoms. The molecule has 0 aliphatic carbocycles. The fourth-order valence-electron chi connectivity index (χ4n) is 2.53. The summed E-state index contributed by atoms with van der Waals surface area (Å²) in [5.74, 6) is -1.16. The lowest BCUT2D eigenvalue weighted by molar-refractivity contribution is 0.0316. The van der Waals surface area contributed by atoms with E-state index >= 15 is 0 Å². The minimum absolute atomic E-state index is 0.0430. The lowest BCUT2D eigenvalue weighted by atomic mass is 10.0. The summed E-state index contributed by atoms with van der Waals surface area (Å²) in [6, 6.07) is 19.1. The third-order valence-electron chi connectivity index (χ3n) is 3.83. The predicted octanol–water partition coefficient (Wildman–Crippen LogP) is 3.97. The minimum Gasteiger partial charge on any atom is -0.506 e. The van der Waals surface area contributed by atoms with Gasteiger partial charge in [0.2, 0.25) is 5.78 Å². The second kappa shape index (κ2) is 6.54. The zero-order valence-corrected chi connectivity index (χ0v) is 13.1. The number of phenolic OH excluding ortho intramolecular Hbond substituents is 1. The molecule has 0 saturated carbocycles. The minimum atomic E-state index is -0.939. The highest BCUT2D eigenvalue weighted by molar-refractivity contribution is 6.04. The normalized spacial score (nSPS) is 11.9. The molecule has 120 valence electrons. The van der Waals surface area contributed by atoms with Crippen molar-refractivity contribution in [2.75, 3.05) is 0 Å². The summed E-state index contributed by atoms with van der Waals surface area (Å²) in [6.45, 7) is 1.52. The first kappa shape index (κ1) is 15.7. The Morgan fingerprint density at radius 1 is 0.917 bits per heavy atom. The third kappa shape index (κ3) is 2.99. The first-order valence-electron chi connectivity index (χ1n) is 7.59. The van der Waals surface area contributed by atoms with Crippen LogP contribution in [-0.4, -0.2) is 23.0 Å². The average molecular weight is 320 g/mol. The Bertz CT molecular complexity index is 900. The largest absolute Gasteiger partial charge is 0.506 e. The van der Waals surface area contributed by atoms with Crippen molar-refractivity contribution in [2.45, 2.75) is 13.0 Å². The summed E-state index contributed by atoms with van der Waals surface area (Å²) in [6.07, 6.45) is -0.939. The van der Waals surface area contributed by atoms with Crippen molar-refractivity contribution in [3.8, 4) is 5.75 Å². The van der Waals surface area contributed by atoms with Crippen LogP contribution in [0.15, 0.2) is 66.7 Å². The molecule has 3 aromatic carbocycles. The molecule has 1 N–H and O–H groups in total. The summed E-state index contributed by atoms with van der Waals surface area (Å²) >= 11 is 0. The van der Waals surface area contributed by atoms with Crippen molar-refractivity contribution < 1.29 is 19.4 Å². The van der Waals surface area contributed by atoms with Crippen LogP contribution in [0.1, 0.15) is 27.6 Å². The Morgan fingerprint density at radius 2 is 1.58 bits per heavy atom. The van der Waals surface area contributed by atoms with E-state index in [-0.39, 0.29) is 17.1 Å². The molecule has 0 aliphatic rings. The molecule has 4 nitrogen and oxygen atoms in total. The van der Waals surface area contributed by atoms with E-state index in [4.69, 9.17) is 4.74 Å². The zero-order valence-electron chi connectivity index (χ0n) is 13.1. The molecule has 0 radical (unpaired) electrons. The van der Waals surface area contributed by atoms with Crippen LogP contribution in [-0.2, 0) is 4.74 Å². The second-order valence-electron chi connectivity index (χ2n) is 5.46. The molecule has 0 saturated heterocycles. The Kier molecular flexibility index (Phi) is 4.29. The van der Waals surface area contributed by atoms with Gasteiger partial charge in [0, 0.05) is 10.9 Å². The van der Waals surface area contributed by atoms with Gasteiger partial charge in [0.05, 0.1) is 0 Å². The van der Waals surface area contributed by atoms with Gasteiger partial charge in [-0.15, -0.1) is 0 Å². The summed E-state index contributed by atoms with van der Waals surface area (Å²) in [4.78, 5) is 24.6. The van der Waals surface area contributed by atoms with Crippen molar-refractivity contribution in [3.63, 3.8) is 0 Å². The zero-order chi connectivity index (χ0) is 17.1. The standard InChI is InChI=1S/C20H16O4/c1-13(18(21)15-8-3-2-4-9-15)24-20(23)17-12-11-14-7-5-6-10-16(14)19(17)22/h2-13,22H,1H3. The number of ether oxygens (including phenoxy) is 1. The predicted molar refractivity (Wildman–Crippen MR) is 91.3 cm³/mol. The summed E-state index contributed by atoms with van der Waals surface area (Å²) < 4.78 is 5.23. The fourth-order valence-corrected chi connectivity index (χ4v) is 2.53. The van der Waals surface area contributed by atoms with Gasteiger partial charge in [-0.25, -0.2) is 4.79 Å². The average Bonchev–Trinajstić information content (AvgIpc) is 2.62. The number of rotatable bonds is 4. The van der Waals surface area contributed by atoms with Crippen LogP contribution in [0.4, 0.5) is 0 Å². The van der Waals surface area contributed by atoms with Crippen LogP contribution < -0.4 is 0 Å². The molecular formula is C20H16O4. The molecular weight excluding hydrogens is 304 g/mol. The fraction of sp³-hybridized carbons (Fsp3) is 0.100. The van der Waals surface area contributed by atoms with E-state index in [0.29, 0.717) is 10.9 Å². The van der Waals surface area contributed by atoms with E-state index in [2.05, 4.69) is 0 Å². The smallest absolute Gasteiger partial charge is 0.342 e. The van der Waals surface area contributed by atoms with E-state index in [9.17, 15) is 14.7 Å². The highest BCUT2D eigenvalue weighted by Gasteiger charge is 2.22. The maximum absolute atomic E-state index is 12.3. The number of hydrogen-bond acceptors (Lipinski definition) is 4. The van der Waals surface area contributed by atoms with Crippen molar-refractivity contribution in [3.05, 3.63) is 77.9 Å². The molecule has 0 aromatic heterocycles. The van der Waals surface area contributed by atoms with Gasteiger partial charge < -0.3 is 9.84 Å². The Balaban J connectivity index is 1.82. The van der Waals surface area contributed by atoms with E-state index in [1.165, 1.54) is 13.0 Å². The lowest BCUT2D eigenvalue weighted by Crippen LogP contribution is -2.24. The van der Waals surface area contributed by atoms with Gasteiger partial charge in [-0.2, -0.15) is 0 Å². The second-order valence-corrected chi connectivity index (χ2v) is 5.46. The SMILES string of the molecule is CC(OC(=O)c1ccc2ccccc2c1O)C(=O)c1ccccc1. The van der Waals surface area contributed by atoms with E-state index in [0.717, 1.165) is 5.39 Å². The first-order chi connectivity index (χ1) is 11.6. The van der Waals surface area contributed by atoms with Crippen LogP contribution >= 0.6 is 0 Å². The number of phenols is 1. The molecule has 24 heavy (non-hydrogen) atoms. The molecule has 0 amide bonds. The highest BCUT2D eigenvalue weighted by Crippen LogP contribution is 2.29. The lowest BCUT2D eigenvalue weighted by Gasteiger charge is -2.13. The number of Topliss-reactive ketones (excluding diaryl/α,β-unsaturated/α-hetero) is 1. The van der Waals surface area contributed by atoms with Gasteiger partial charge >= 0.3 is 5.97 Å². The van der Waals surface area contributed by atoms with Gasteiger partial charge in [-0.1, -0.05) is 60.7 Å². The maximum atomic E-state index is 12.3. The van der Waals surface area contributed by atoms with E-state index < -0.39 is 12.1 Å². The molecule has 0 heterocycles. The molecule has 0 fully saturated rings. The number of esters is 1. The van der Waals surface area contributed by atoms with Crippen LogP contribution in [0.5, 0.6) is 5.75 Å². The van der Waals surface area contributed by atoms with E-state index in [1.54, 1.807) is 48.5 Å². The molecule has 1 unspecified atom stereocenters. The van der Waals surface area contributed by atoms with Gasteiger partial charge in [0.25, 0.3) is 0 Å². The summed E-state index contributed by atoms with van der Waals surface area (Å²) in [5, 5.41) is 11.7. The molecule has 0 aliphatic heterocycles. The first-order valence-corrected chi connectivity index (χ1v) is 7.59. The molecule has 0 spiro atoms. The summed E-state index contributed by atoms with van der Waals surface area (Å²) in [7, 11) is 0. The Hall–Kier alpha value is -3.14. The number of ketones is 1. The summed E-state index contributed by atoms with van der Waals surface area (Å²) in [5.41, 5.74) is 0.516. The van der Waals surface area contributed by atoms with Crippen LogP contribution in [0.25, 0.3) is 10.8 Å². The van der Waals surface area contributed by atoms with Gasteiger partial charge in [-0.05, 0) is 18.4 Å². The highest BCUT2D eigenvalue weighted by atomic mass is 16.5. The molecule has 3 rings (SSSR count). The number of carbonyl (C=O) groups is 2. The number of aromatic hydroxyl groups is 1. The van der Waals surface area contributed by atoms with Crippen molar-refractivity contribution in [1.82, 2.24) is 0 Å². The Labute approximate surface area is 139 Å². The maximum Gasteiger partial charge on any atom is 0.342 e. The quantitative estimate of drug-likeness (QED) is 0.583. The molecule has 3 aromatic rings. The number of carbonyl (C=O) groups excluding carboxylic acids is 2. The van der Waals surface area contributed by atoms with Crippen molar-refractivity contribution >= 4 is 22.5 Å². The molecule has 1 atom stereocenters. The van der Waals surface area contributed by atoms with Crippen molar-refractivity contribution in [1.29, 1.82) is 0 Å². The topological polar surface area (TPSA) is 63.6 Å².